The highest BCUT2D eigenvalue weighted by atomic mass is 16.4. The Bertz CT molecular complexity index is 272. The van der Waals surface area contributed by atoms with Crippen molar-refractivity contribution in [3.63, 3.8) is 0 Å². The van der Waals surface area contributed by atoms with Crippen LogP contribution in [0.15, 0.2) is 0 Å². The average Bonchev–Trinajstić information content (AvgIpc) is 2.74. The zero-order chi connectivity index (χ0) is 12.8. The average molecular weight is 243 g/mol. The first-order valence-corrected chi connectivity index (χ1v) is 6.21. The van der Waals surface area contributed by atoms with Crippen molar-refractivity contribution in [2.45, 2.75) is 57.6 Å². The third-order valence-corrected chi connectivity index (χ3v) is 3.32. The molecule has 1 amide bonds. The van der Waals surface area contributed by atoms with E-state index in [4.69, 9.17) is 5.11 Å². The second kappa shape index (κ2) is 6.59. The molecule has 0 aromatic carbocycles. The van der Waals surface area contributed by atoms with Crippen LogP contribution in [0.1, 0.15) is 45.4 Å². The number of hydrogen-bond acceptors (Lipinski definition) is 3. The fourth-order valence-corrected chi connectivity index (χ4v) is 2.27. The van der Waals surface area contributed by atoms with E-state index in [0.717, 1.165) is 6.42 Å². The zero-order valence-corrected chi connectivity index (χ0v) is 10.2. The number of rotatable bonds is 6. The SMILES string of the molecule is C[C@@H](O)[C@H](NC(=O)CCC1CCCC1)C(=O)O. The molecule has 0 radical (unpaired) electrons. The molecule has 0 aliphatic heterocycles. The molecule has 0 saturated heterocycles. The zero-order valence-electron chi connectivity index (χ0n) is 10.2. The van der Waals surface area contributed by atoms with Crippen LogP contribution in [0.4, 0.5) is 0 Å². The number of carboxylic acid groups (broad SMARTS) is 1. The maximum absolute atomic E-state index is 11.5. The Hall–Kier alpha value is -1.10. The topological polar surface area (TPSA) is 86.6 Å². The van der Waals surface area contributed by atoms with Crippen LogP contribution >= 0.6 is 0 Å². The predicted octanol–water partition coefficient (Wildman–Crippen LogP) is 0.907. The van der Waals surface area contributed by atoms with Gasteiger partial charge in [0, 0.05) is 6.42 Å². The molecule has 5 heteroatoms. The van der Waals surface area contributed by atoms with E-state index in [9.17, 15) is 14.7 Å². The fraction of sp³-hybridized carbons (Fsp3) is 0.833. The van der Waals surface area contributed by atoms with E-state index in [-0.39, 0.29) is 5.91 Å². The van der Waals surface area contributed by atoms with E-state index in [0.29, 0.717) is 12.3 Å². The van der Waals surface area contributed by atoms with Crippen LogP contribution in [0.25, 0.3) is 0 Å². The van der Waals surface area contributed by atoms with E-state index in [2.05, 4.69) is 5.32 Å². The van der Waals surface area contributed by atoms with Crippen molar-refractivity contribution in [2.24, 2.45) is 5.92 Å². The van der Waals surface area contributed by atoms with Gasteiger partial charge >= 0.3 is 5.97 Å². The minimum Gasteiger partial charge on any atom is -0.480 e. The smallest absolute Gasteiger partial charge is 0.328 e. The summed E-state index contributed by atoms with van der Waals surface area (Å²) in [6.07, 6.45) is 4.90. The molecule has 1 rings (SSSR count). The van der Waals surface area contributed by atoms with Gasteiger partial charge in [-0.15, -0.1) is 0 Å². The number of carbonyl (C=O) groups excluding carboxylic acids is 1. The Balaban J connectivity index is 2.29. The standard InChI is InChI=1S/C12H21NO4/c1-8(14)11(12(16)17)13-10(15)7-6-9-4-2-3-5-9/h8-9,11,14H,2-7H2,1H3,(H,13,15)(H,16,17)/t8-,11+/m1/s1. The van der Waals surface area contributed by atoms with Crippen molar-refractivity contribution in [3.8, 4) is 0 Å². The minimum absolute atomic E-state index is 0.287. The van der Waals surface area contributed by atoms with Crippen molar-refractivity contribution in [1.29, 1.82) is 0 Å². The van der Waals surface area contributed by atoms with Gasteiger partial charge in [0.15, 0.2) is 6.04 Å². The van der Waals surface area contributed by atoms with Crippen molar-refractivity contribution >= 4 is 11.9 Å². The van der Waals surface area contributed by atoms with E-state index < -0.39 is 18.1 Å². The molecular formula is C12H21NO4. The Morgan fingerprint density at radius 3 is 2.41 bits per heavy atom. The summed E-state index contributed by atoms with van der Waals surface area (Å²) in [7, 11) is 0. The largest absolute Gasteiger partial charge is 0.480 e. The lowest BCUT2D eigenvalue weighted by molar-refractivity contribution is -0.144. The molecule has 0 heterocycles. The van der Waals surface area contributed by atoms with Crippen LogP contribution in [-0.2, 0) is 9.59 Å². The molecule has 5 nitrogen and oxygen atoms in total. The number of amides is 1. The first-order valence-electron chi connectivity index (χ1n) is 6.21. The van der Waals surface area contributed by atoms with Gasteiger partial charge in [-0.25, -0.2) is 4.79 Å². The molecule has 0 unspecified atom stereocenters. The lowest BCUT2D eigenvalue weighted by atomic mass is 10.0. The van der Waals surface area contributed by atoms with Crippen LogP contribution in [-0.4, -0.2) is 34.2 Å². The second-order valence-electron chi connectivity index (χ2n) is 4.81. The molecule has 0 bridgehead atoms. The Morgan fingerprint density at radius 1 is 1.35 bits per heavy atom. The summed E-state index contributed by atoms with van der Waals surface area (Å²) in [5, 5.41) is 20.4. The van der Waals surface area contributed by atoms with Gasteiger partial charge in [0.1, 0.15) is 0 Å². The molecule has 1 saturated carbocycles. The van der Waals surface area contributed by atoms with Gasteiger partial charge in [-0.2, -0.15) is 0 Å². The van der Waals surface area contributed by atoms with E-state index >= 15 is 0 Å². The fourth-order valence-electron chi connectivity index (χ4n) is 2.27. The Labute approximate surface area is 101 Å². The number of carboxylic acids is 1. The summed E-state index contributed by atoms with van der Waals surface area (Å²) in [5.74, 6) is -0.880. The second-order valence-corrected chi connectivity index (χ2v) is 4.81. The van der Waals surface area contributed by atoms with E-state index in [1.54, 1.807) is 0 Å². The number of hydrogen-bond donors (Lipinski definition) is 3. The molecule has 17 heavy (non-hydrogen) atoms. The van der Waals surface area contributed by atoms with Gasteiger partial charge < -0.3 is 15.5 Å². The lowest BCUT2D eigenvalue weighted by Crippen LogP contribution is -2.47. The third kappa shape index (κ3) is 4.73. The number of nitrogens with one attached hydrogen (secondary N) is 1. The van der Waals surface area contributed by atoms with Gasteiger partial charge in [0.2, 0.25) is 5.91 Å². The van der Waals surface area contributed by atoms with Crippen LogP contribution in [0.2, 0.25) is 0 Å². The molecule has 0 spiro atoms. The van der Waals surface area contributed by atoms with Crippen LogP contribution in [0, 0.1) is 5.92 Å². The number of carbonyl (C=O) groups is 2. The van der Waals surface area contributed by atoms with E-state index in [1.807, 2.05) is 0 Å². The third-order valence-electron chi connectivity index (χ3n) is 3.32. The van der Waals surface area contributed by atoms with Crippen molar-refractivity contribution in [2.75, 3.05) is 0 Å². The van der Waals surface area contributed by atoms with Crippen LogP contribution in [0.5, 0.6) is 0 Å². The van der Waals surface area contributed by atoms with Crippen molar-refractivity contribution in [1.82, 2.24) is 5.32 Å². The minimum atomic E-state index is -1.20. The molecule has 1 aliphatic rings. The molecule has 1 aliphatic carbocycles. The normalized spacial score (nSPS) is 19.9. The molecule has 0 aromatic heterocycles. The van der Waals surface area contributed by atoms with Gasteiger partial charge in [-0.05, 0) is 19.3 Å². The predicted molar refractivity (Wildman–Crippen MR) is 62.4 cm³/mol. The summed E-state index contributed by atoms with van der Waals surface area (Å²) >= 11 is 0. The maximum Gasteiger partial charge on any atom is 0.328 e. The lowest BCUT2D eigenvalue weighted by Gasteiger charge is -2.17. The number of aliphatic carboxylic acids is 1. The highest BCUT2D eigenvalue weighted by Gasteiger charge is 2.25. The molecule has 2 atom stereocenters. The van der Waals surface area contributed by atoms with Gasteiger partial charge in [-0.3, -0.25) is 4.79 Å². The van der Waals surface area contributed by atoms with Crippen molar-refractivity contribution in [3.05, 3.63) is 0 Å². The van der Waals surface area contributed by atoms with Gasteiger partial charge in [0.25, 0.3) is 0 Å². The summed E-state index contributed by atoms with van der Waals surface area (Å²) in [6, 6.07) is -1.20. The molecular weight excluding hydrogens is 222 g/mol. The summed E-state index contributed by atoms with van der Waals surface area (Å²) in [6.45, 7) is 1.36. The van der Waals surface area contributed by atoms with Crippen LogP contribution < -0.4 is 5.32 Å². The summed E-state index contributed by atoms with van der Waals surface area (Å²) < 4.78 is 0. The first-order chi connectivity index (χ1) is 8.00. The molecule has 1 fully saturated rings. The Kier molecular flexibility index (Phi) is 5.41. The monoisotopic (exact) mass is 243 g/mol. The van der Waals surface area contributed by atoms with Gasteiger partial charge in [-0.1, -0.05) is 25.7 Å². The van der Waals surface area contributed by atoms with Gasteiger partial charge in [0.05, 0.1) is 6.10 Å². The quantitative estimate of drug-likeness (QED) is 0.647. The first kappa shape index (κ1) is 14.0. The Morgan fingerprint density at radius 2 is 1.94 bits per heavy atom. The highest BCUT2D eigenvalue weighted by molar-refractivity contribution is 5.83. The highest BCUT2D eigenvalue weighted by Crippen LogP contribution is 2.28. The summed E-state index contributed by atoms with van der Waals surface area (Å²) in [4.78, 5) is 22.3. The number of aliphatic hydroxyl groups excluding tert-OH is 1. The summed E-state index contributed by atoms with van der Waals surface area (Å²) in [5.41, 5.74) is 0. The molecule has 0 aromatic rings. The van der Waals surface area contributed by atoms with Crippen molar-refractivity contribution < 1.29 is 19.8 Å². The maximum atomic E-state index is 11.5. The van der Waals surface area contributed by atoms with Crippen LogP contribution in [0.3, 0.4) is 0 Å². The molecule has 3 N–H and O–H groups in total. The molecule has 98 valence electrons. The number of aliphatic hydroxyl groups is 1. The van der Waals surface area contributed by atoms with E-state index in [1.165, 1.54) is 32.6 Å².